The van der Waals surface area contributed by atoms with Crippen LogP contribution in [-0.2, 0) is 30.9 Å². The third-order valence-corrected chi connectivity index (χ3v) is 8.29. The zero-order valence-corrected chi connectivity index (χ0v) is 25.5. The molecule has 4 heteroatoms. The largest absolute Gasteiger partial charge is 4.00 e. The van der Waals surface area contributed by atoms with Crippen molar-refractivity contribution in [2.75, 3.05) is 13.2 Å². The van der Waals surface area contributed by atoms with E-state index >= 15 is 0 Å². The molecule has 0 amide bonds. The molecule has 0 atom stereocenters. The van der Waals surface area contributed by atoms with Crippen LogP contribution in [0.25, 0.3) is 5.32 Å². The minimum absolute atomic E-state index is 0. The molecule has 2 nitrogen and oxygen atoms in total. The first-order valence-corrected chi connectivity index (χ1v) is 16.8. The molecule has 34 heavy (non-hydrogen) atoms. The number of ether oxygens (including phenoxy) is 1. The van der Waals surface area contributed by atoms with Crippen molar-refractivity contribution in [2.24, 2.45) is 0 Å². The Morgan fingerprint density at radius 1 is 0.618 bits per heavy atom. The van der Waals surface area contributed by atoms with Crippen molar-refractivity contribution in [3.05, 3.63) is 72.0 Å². The van der Waals surface area contributed by atoms with Gasteiger partial charge in [0.2, 0.25) is 0 Å². The van der Waals surface area contributed by atoms with Gasteiger partial charge in [-0.2, -0.15) is 12.1 Å². The van der Waals surface area contributed by atoms with E-state index in [1.807, 2.05) is 36.9 Å². The van der Waals surface area contributed by atoms with Crippen LogP contribution in [0.5, 0.6) is 0 Å². The maximum atomic E-state index is 4.94. The third kappa shape index (κ3) is 15.2. The smallest absolute Gasteiger partial charge is 0.722 e. The van der Waals surface area contributed by atoms with Gasteiger partial charge in [-0.25, -0.2) is 5.56 Å². The van der Waals surface area contributed by atoms with Gasteiger partial charge < -0.3 is 10.1 Å². The van der Waals surface area contributed by atoms with E-state index in [4.69, 9.17) is 4.74 Å². The van der Waals surface area contributed by atoms with Crippen LogP contribution < -0.4 is 5.19 Å². The van der Waals surface area contributed by atoms with E-state index in [1.54, 1.807) is 0 Å². The number of nitrogens with zero attached hydrogens (tertiary/aromatic N) is 1. The second-order valence-electron chi connectivity index (χ2n) is 10.3. The fourth-order valence-corrected chi connectivity index (χ4v) is 5.18. The van der Waals surface area contributed by atoms with Gasteiger partial charge in [0.1, 0.15) is 0 Å². The summed E-state index contributed by atoms with van der Waals surface area (Å²) < 4.78 is 4.94. The molecular weight excluding hydrogens is 510 g/mol. The number of hydrogen-bond donors (Lipinski definition) is 0. The maximum Gasteiger partial charge on any atom is 4.00 e. The first-order chi connectivity index (χ1) is 16.1. The van der Waals surface area contributed by atoms with E-state index in [0.717, 1.165) is 24.5 Å². The van der Waals surface area contributed by atoms with Crippen LogP contribution in [0.2, 0.25) is 19.6 Å². The van der Waals surface area contributed by atoms with Gasteiger partial charge in [-0.3, -0.25) is 6.54 Å². The Morgan fingerprint density at radius 2 is 1.06 bits per heavy atom. The van der Waals surface area contributed by atoms with Crippen molar-refractivity contribution in [1.82, 2.24) is 0 Å². The van der Waals surface area contributed by atoms with Gasteiger partial charge in [-0.15, -0.1) is 17.8 Å². The Balaban J connectivity index is 0.000000290. The zero-order valence-electron chi connectivity index (χ0n) is 22.0. The Morgan fingerprint density at radius 3 is 1.41 bits per heavy atom. The Bertz CT molecular complexity index is 656. The third-order valence-electron chi connectivity index (χ3n) is 6.22. The minimum Gasteiger partial charge on any atom is -0.722 e. The molecule has 0 bridgehead atoms. The van der Waals surface area contributed by atoms with Crippen molar-refractivity contribution in [2.45, 2.75) is 96.7 Å². The van der Waals surface area contributed by atoms with E-state index in [0.29, 0.717) is 0 Å². The van der Waals surface area contributed by atoms with Crippen LogP contribution in [0.3, 0.4) is 0 Å². The Hall–Kier alpha value is -0.830. The summed E-state index contributed by atoms with van der Waals surface area (Å²) in [4.78, 5) is 0. The molecule has 0 N–H and O–H groups in total. The molecule has 1 heterocycles. The average Bonchev–Trinajstić information content (AvgIpc) is 3.65. The summed E-state index contributed by atoms with van der Waals surface area (Å²) in [6, 6.07) is 18.8. The molecule has 1 saturated heterocycles. The second kappa shape index (κ2) is 19.4. The van der Waals surface area contributed by atoms with Crippen molar-refractivity contribution in [3.8, 4) is 0 Å². The fraction of sp³-hybridized carbons (Fsp3) is 0.567. The van der Waals surface area contributed by atoms with Crippen LogP contribution >= 0.6 is 0 Å². The molecule has 0 radical (unpaired) electrons. The Labute approximate surface area is 230 Å². The van der Waals surface area contributed by atoms with Gasteiger partial charge in [-0.05, 0) is 12.8 Å². The van der Waals surface area contributed by atoms with Crippen LogP contribution in [0.1, 0.15) is 82.6 Å². The van der Waals surface area contributed by atoms with Gasteiger partial charge in [0, 0.05) is 13.2 Å². The predicted molar refractivity (Wildman–Crippen MR) is 149 cm³/mol. The second-order valence-corrected chi connectivity index (χ2v) is 15.4. The van der Waals surface area contributed by atoms with Gasteiger partial charge in [0.05, 0.1) is 8.07 Å². The first-order valence-electron chi connectivity index (χ1n) is 13.3. The summed E-state index contributed by atoms with van der Waals surface area (Å²) in [5, 5.41) is 5.94. The van der Waals surface area contributed by atoms with Crippen molar-refractivity contribution >= 4 is 18.9 Å². The summed E-state index contributed by atoms with van der Waals surface area (Å²) in [5.74, 6) is 0. The number of rotatable bonds is 4. The molecule has 2 saturated carbocycles. The molecule has 0 unspecified atom stereocenters. The first kappa shape index (κ1) is 31.2. The molecule has 5 rings (SSSR count). The summed E-state index contributed by atoms with van der Waals surface area (Å²) >= 11 is 0. The summed E-state index contributed by atoms with van der Waals surface area (Å²) in [6.07, 6.45) is 17.6. The normalized spacial score (nSPS) is 16.4. The van der Waals surface area contributed by atoms with Crippen molar-refractivity contribution < 1.29 is 30.9 Å². The Kier molecular flexibility index (Phi) is 17.8. The molecule has 3 fully saturated rings. The maximum absolute atomic E-state index is 4.94. The summed E-state index contributed by atoms with van der Waals surface area (Å²) in [7, 11) is -1.19. The van der Waals surface area contributed by atoms with E-state index in [-0.39, 0.29) is 26.2 Å². The fourth-order valence-electron chi connectivity index (χ4n) is 4.01. The van der Waals surface area contributed by atoms with Crippen LogP contribution in [0.4, 0.5) is 5.69 Å². The average molecular weight is 557 g/mol. The zero-order chi connectivity index (χ0) is 23.6. The molecule has 2 aromatic carbocycles. The van der Waals surface area contributed by atoms with Crippen LogP contribution in [0.15, 0.2) is 54.6 Å². The van der Waals surface area contributed by atoms with E-state index in [2.05, 4.69) is 49.2 Å². The molecular formula is C30H47NOSiZr+2. The molecule has 1 aliphatic heterocycles. The predicted octanol–water partition coefficient (Wildman–Crippen LogP) is 9.14. The van der Waals surface area contributed by atoms with Crippen molar-refractivity contribution in [3.63, 3.8) is 0 Å². The van der Waals surface area contributed by atoms with Gasteiger partial charge in [-0.1, -0.05) is 119 Å². The summed E-state index contributed by atoms with van der Waals surface area (Å²) in [6.45, 7) is 11.0. The number of hydrogen-bond acceptors (Lipinski definition) is 1. The molecule has 2 aliphatic carbocycles. The monoisotopic (exact) mass is 555 g/mol. The van der Waals surface area contributed by atoms with Crippen molar-refractivity contribution in [1.29, 1.82) is 0 Å². The van der Waals surface area contributed by atoms with Crippen LogP contribution in [0, 0.1) is 6.54 Å². The van der Waals surface area contributed by atoms with Gasteiger partial charge in [0.15, 0.2) is 0 Å². The quantitative estimate of drug-likeness (QED) is 0.272. The van der Waals surface area contributed by atoms with Crippen LogP contribution in [-0.4, -0.2) is 21.3 Å². The van der Waals surface area contributed by atoms with E-state index in [1.165, 1.54) is 82.2 Å². The minimum atomic E-state index is -1.19. The molecule has 184 valence electrons. The number of benzene rings is 2. The van der Waals surface area contributed by atoms with E-state index in [9.17, 15) is 0 Å². The molecule has 3 aliphatic rings. The number of para-hydroxylation sites is 1. The topological polar surface area (TPSA) is 23.3 Å². The molecule has 0 aromatic heterocycles. The van der Waals surface area contributed by atoms with Gasteiger partial charge in [0.25, 0.3) is 0 Å². The van der Waals surface area contributed by atoms with Gasteiger partial charge >= 0.3 is 26.2 Å². The summed E-state index contributed by atoms with van der Waals surface area (Å²) in [5.41, 5.74) is 2.15. The molecule has 0 spiro atoms. The molecule has 2 aromatic rings. The standard InChI is InChI=1S/C16H19NSi.2C5H10.C4H8O.Zr/c1-18(2,3)16-11-9-14(10-12-16)13-17-15-7-5-4-6-8-15;3*1-2-4-5-3-1;/h4-13H,1-3H3;2*1-5H2;1-4H2;/q-2;;;;+4. The SMILES string of the molecule is C1CCCC1.C1CCCC1.C1CCOC1.C[Si](C)(C)c1ccc([CH-][N-]c2ccccc2)cc1.[Zr+4]. The van der Waals surface area contributed by atoms with E-state index < -0.39 is 8.07 Å².